The molecule has 1 aliphatic rings. The Morgan fingerprint density at radius 2 is 2.11 bits per heavy atom. The van der Waals surface area contributed by atoms with Crippen LogP contribution in [0.25, 0.3) is 0 Å². The Morgan fingerprint density at radius 1 is 1.44 bits per heavy atom. The molecule has 5 nitrogen and oxygen atoms in total. The van der Waals surface area contributed by atoms with Crippen LogP contribution >= 0.6 is 0 Å². The standard InChI is InChI=1S/C13H20N4O/c1-9-5-3-4-6-17(9)12(13(14)18)11-7-15-10(2)16-8-11/h7-9,12H,3-6H2,1-2H3,(H2,14,18)/t9?,12-/m1/s1. The summed E-state index contributed by atoms with van der Waals surface area (Å²) < 4.78 is 0. The van der Waals surface area contributed by atoms with Crippen molar-refractivity contribution < 1.29 is 4.79 Å². The molecule has 2 atom stereocenters. The van der Waals surface area contributed by atoms with E-state index < -0.39 is 6.04 Å². The lowest BCUT2D eigenvalue weighted by molar-refractivity contribution is -0.125. The second-order valence-corrected chi connectivity index (χ2v) is 4.95. The third kappa shape index (κ3) is 2.67. The zero-order valence-electron chi connectivity index (χ0n) is 11.0. The van der Waals surface area contributed by atoms with Crippen molar-refractivity contribution in [3.05, 3.63) is 23.8 Å². The van der Waals surface area contributed by atoms with E-state index in [1.54, 1.807) is 12.4 Å². The number of nitrogens with two attached hydrogens (primary N) is 1. The Bertz CT molecular complexity index is 418. The average molecular weight is 248 g/mol. The fourth-order valence-corrected chi connectivity index (χ4v) is 2.57. The van der Waals surface area contributed by atoms with E-state index in [2.05, 4.69) is 21.8 Å². The number of aryl methyl sites for hydroxylation is 1. The number of primary amides is 1. The molecule has 0 saturated carbocycles. The molecule has 2 heterocycles. The van der Waals surface area contributed by atoms with Crippen molar-refractivity contribution in [1.82, 2.24) is 14.9 Å². The van der Waals surface area contributed by atoms with E-state index in [4.69, 9.17) is 5.73 Å². The maximum absolute atomic E-state index is 11.8. The van der Waals surface area contributed by atoms with Crippen LogP contribution in [0.3, 0.4) is 0 Å². The number of hydrogen-bond acceptors (Lipinski definition) is 4. The number of hydrogen-bond donors (Lipinski definition) is 1. The zero-order chi connectivity index (χ0) is 13.1. The Kier molecular flexibility index (Phi) is 3.91. The molecule has 0 aromatic carbocycles. The molecule has 1 fully saturated rings. The van der Waals surface area contributed by atoms with Gasteiger partial charge < -0.3 is 5.73 Å². The van der Waals surface area contributed by atoms with Gasteiger partial charge in [-0.2, -0.15) is 0 Å². The van der Waals surface area contributed by atoms with Gasteiger partial charge in [0.15, 0.2) is 0 Å². The third-order valence-corrected chi connectivity index (χ3v) is 3.57. The van der Waals surface area contributed by atoms with Gasteiger partial charge in [-0.3, -0.25) is 9.69 Å². The maximum Gasteiger partial charge on any atom is 0.239 e. The van der Waals surface area contributed by atoms with Gasteiger partial charge in [-0.25, -0.2) is 9.97 Å². The van der Waals surface area contributed by atoms with Crippen molar-refractivity contribution in [1.29, 1.82) is 0 Å². The van der Waals surface area contributed by atoms with Gasteiger partial charge in [0.2, 0.25) is 5.91 Å². The number of aromatic nitrogens is 2. The van der Waals surface area contributed by atoms with Crippen molar-refractivity contribution in [2.24, 2.45) is 5.73 Å². The summed E-state index contributed by atoms with van der Waals surface area (Å²) in [4.78, 5) is 22.2. The highest BCUT2D eigenvalue weighted by atomic mass is 16.1. The lowest BCUT2D eigenvalue weighted by Crippen LogP contribution is -2.45. The molecule has 98 valence electrons. The average Bonchev–Trinajstić information content (AvgIpc) is 2.34. The molecular weight excluding hydrogens is 228 g/mol. The Balaban J connectivity index is 2.27. The van der Waals surface area contributed by atoms with Crippen molar-refractivity contribution in [2.75, 3.05) is 6.54 Å². The number of piperidine rings is 1. The summed E-state index contributed by atoms with van der Waals surface area (Å²) in [5.74, 6) is 0.380. The van der Waals surface area contributed by atoms with Crippen LogP contribution in [0.4, 0.5) is 0 Å². The fourth-order valence-electron chi connectivity index (χ4n) is 2.57. The first-order valence-corrected chi connectivity index (χ1v) is 6.43. The first-order valence-electron chi connectivity index (χ1n) is 6.43. The summed E-state index contributed by atoms with van der Waals surface area (Å²) in [6, 6.07) is -0.0292. The minimum absolute atomic E-state index is 0.323. The van der Waals surface area contributed by atoms with Crippen LogP contribution in [0.1, 0.15) is 43.6 Å². The van der Waals surface area contributed by atoms with Gasteiger partial charge >= 0.3 is 0 Å². The molecule has 0 spiro atoms. The van der Waals surface area contributed by atoms with E-state index in [1.165, 1.54) is 6.42 Å². The quantitative estimate of drug-likeness (QED) is 0.872. The molecule has 2 N–H and O–H groups in total. The van der Waals surface area contributed by atoms with E-state index in [1.807, 2.05) is 6.92 Å². The smallest absolute Gasteiger partial charge is 0.239 e. The van der Waals surface area contributed by atoms with E-state index in [0.717, 1.165) is 24.9 Å². The summed E-state index contributed by atoms with van der Waals surface area (Å²) in [6.45, 7) is 4.87. The van der Waals surface area contributed by atoms with Crippen LogP contribution < -0.4 is 5.73 Å². The summed E-state index contributed by atoms with van der Waals surface area (Å²) in [5.41, 5.74) is 6.36. The second-order valence-electron chi connectivity index (χ2n) is 4.95. The number of carbonyl (C=O) groups is 1. The zero-order valence-corrected chi connectivity index (χ0v) is 11.0. The number of amides is 1. The molecule has 1 saturated heterocycles. The Morgan fingerprint density at radius 3 is 2.67 bits per heavy atom. The van der Waals surface area contributed by atoms with Gasteiger partial charge in [0.05, 0.1) is 0 Å². The maximum atomic E-state index is 11.8. The van der Waals surface area contributed by atoms with E-state index in [0.29, 0.717) is 11.9 Å². The highest BCUT2D eigenvalue weighted by molar-refractivity contribution is 5.81. The van der Waals surface area contributed by atoms with Gasteiger partial charge in [0.1, 0.15) is 11.9 Å². The summed E-state index contributed by atoms with van der Waals surface area (Å²) in [6.07, 6.45) is 6.85. The first-order chi connectivity index (χ1) is 8.59. The molecule has 0 bridgehead atoms. The SMILES string of the molecule is Cc1ncc([C@H](C(N)=O)N2CCCCC2C)cn1. The minimum Gasteiger partial charge on any atom is -0.368 e. The molecular formula is C13H20N4O. The lowest BCUT2D eigenvalue weighted by Gasteiger charge is -2.38. The van der Waals surface area contributed by atoms with Crippen LogP contribution in [-0.4, -0.2) is 33.4 Å². The van der Waals surface area contributed by atoms with Crippen LogP contribution in [0, 0.1) is 6.92 Å². The molecule has 1 aromatic rings. The molecule has 1 unspecified atom stereocenters. The normalized spacial score (nSPS) is 22.7. The van der Waals surface area contributed by atoms with Crippen molar-refractivity contribution in [3.63, 3.8) is 0 Å². The van der Waals surface area contributed by atoms with Gasteiger partial charge in [-0.05, 0) is 33.2 Å². The highest BCUT2D eigenvalue weighted by Gasteiger charge is 2.31. The van der Waals surface area contributed by atoms with Crippen LogP contribution in [0.5, 0.6) is 0 Å². The highest BCUT2D eigenvalue weighted by Crippen LogP contribution is 2.27. The van der Waals surface area contributed by atoms with Crippen LogP contribution in [-0.2, 0) is 4.79 Å². The third-order valence-electron chi connectivity index (χ3n) is 3.57. The Hall–Kier alpha value is -1.49. The topological polar surface area (TPSA) is 72.1 Å². The molecule has 1 aromatic heterocycles. The summed E-state index contributed by atoms with van der Waals surface area (Å²) in [7, 11) is 0. The number of likely N-dealkylation sites (tertiary alicyclic amines) is 1. The van der Waals surface area contributed by atoms with E-state index in [-0.39, 0.29) is 5.91 Å². The first kappa shape index (κ1) is 13.0. The van der Waals surface area contributed by atoms with Gasteiger partial charge in [-0.15, -0.1) is 0 Å². The predicted octanol–water partition coefficient (Wildman–Crippen LogP) is 1.19. The van der Waals surface area contributed by atoms with Gasteiger partial charge in [0.25, 0.3) is 0 Å². The minimum atomic E-state index is -0.402. The van der Waals surface area contributed by atoms with E-state index >= 15 is 0 Å². The summed E-state index contributed by atoms with van der Waals surface area (Å²) >= 11 is 0. The fraction of sp³-hybridized carbons (Fsp3) is 0.615. The van der Waals surface area contributed by atoms with Crippen molar-refractivity contribution in [3.8, 4) is 0 Å². The molecule has 1 amide bonds. The molecule has 5 heteroatoms. The lowest BCUT2D eigenvalue weighted by atomic mass is 9.98. The number of carbonyl (C=O) groups excluding carboxylic acids is 1. The van der Waals surface area contributed by atoms with Crippen molar-refractivity contribution in [2.45, 2.75) is 45.2 Å². The van der Waals surface area contributed by atoms with Gasteiger partial charge in [-0.1, -0.05) is 6.42 Å². The van der Waals surface area contributed by atoms with Crippen molar-refractivity contribution >= 4 is 5.91 Å². The van der Waals surface area contributed by atoms with Crippen LogP contribution in [0.15, 0.2) is 12.4 Å². The Labute approximate surface area is 107 Å². The molecule has 18 heavy (non-hydrogen) atoms. The number of nitrogens with zero attached hydrogens (tertiary/aromatic N) is 3. The molecule has 2 rings (SSSR count). The van der Waals surface area contributed by atoms with Gasteiger partial charge in [0, 0.05) is 24.0 Å². The number of rotatable bonds is 3. The molecule has 1 aliphatic heterocycles. The predicted molar refractivity (Wildman–Crippen MR) is 68.7 cm³/mol. The van der Waals surface area contributed by atoms with Crippen LogP contribution in [0.2, 0.25) is 0 Å². The monoisotopic (exact) mass is 248 g/mol. The molecule has 0 radical (unpaired) electrons. The second kappa shape index (κ2) is 5.44. The summed E-state index contributed by atoms with van der Waals surface area (Å²) in [5, 5.41) is 0. The molecule has 0 aliphatic carbocycles. The largest absolute Gasteiger partial charge is 0.368 e. The van der Waals surface area contributed by atoms with E-state index in [9.17, 15) is 4.79 Å².